The Morgan fingerprint density at radius 3 is 2.60 bits per heavy atom. The smallest absolute Gasteiger partial charge is 0.307 e. The minimum atomic E-state index is -4.67. The molecule has 1 aromatic carbocycles. The molecule has 1 atom stereocenters. The van der Waals surface area contributed by atoms with Crippen molar-refractivity contribution in [1.82, 2.24) is 5.32 Å². The van der Waals surface area contributed by atoms with Gasteiger partial charge in [-0.2, -0.15) is 13.2 Å². The van der Waals surface area contributed by atoms with Crippen molar-refractivity contribution in [2.24, 2.45) is 0 Å². The summed E-state index contributed by atoms with van der Waals surface area (Å²) in [7, 11) is 0. The van der Waals surface area contributed by atoms with Crippen LogP contribution in [-0.2, 0) is 6.18 Å². The first-order valence-corrected chi connectivity index (χ1v) is 6.72. The van der Waals surface area contributed by atoms with Crippen molar-refractivity contribution in [2.45, 2.75) is 38.4 Å². The zero-order chi connectivity index (χ0) is 14.8. The maximum absolute atomic E-state index is 13.3. The van der Waals surface area contributed by atoms with Crippen LogP contribution in [0.25, 0.3) is 0 Å². The van der Waals surface area contributed by atoms with E-state index in [1.165, 1.54) is 6.07 Å². The molecule has 1 nitrogen and oxygen atoms in total. The minimum absolute atomic E-state index is 0.260. The van der Waals surface area contributed by atoms with Crippen LogP contribution in [0.1, 0.15) is 43.4 Å². The van der Waals surface area contributed by atoms with Gasteiger partial charge in [-0.3, -0.25) is 0 Å². The molecule has 0 heterocycles. The van der Waals surface area contributed by atoms with Gasteiger partial charge >= 0.3 is 6.18 Å². The predicted molar refractivity (Wildman–Crippen MR) is 69.8 cm³/mol. The van der Waals surface area contributed by atoms with Crippen LogP contribution in [0.4, 0.5) is 17.6 Å². The number of halogens is 4. The molecule has 0 aromatic heterocycles. The van der Waals surface area contributed by atoms with E-state index in [-0.39, 0.29) is 6.04 Å². The van der Waals surface area contributed by atoms with Crippen LogP contribution in [-0.4, -0.2) is 6.54 Å². The van der Waals surface area contributed by atoms with E-state index in [4.69, 9.17) is 0 Å². The van der Waals surface area contributed by atoms with E-state index in [2.05, 4.69) is 11.4 Å². The number of rotatable bonds is 4. The molecule has 0 radical (unpaired) electrons. The fourth-order valence-corrected chi connectivity index (χ4v) is 2.56. The largest absolute Gasteiger partial charge is 0.419 e. The van der Waals surface area contributed by atoms with Gasteiger partial charge in [-0.1, -0.05) is 24.6 Å². The first-order chi connectivity index (χ1) is 9.43. The molecule has 0 bridgehead atoms. The average Bonchev–Trinajstić information content (AvgIpc) is 2.89. The second-order valence-electron chi connectivity index (χ2n) is 4.90. The zero-order valence-electron chi connectivity index (χ0n) is 11.2. The van der Waals surface area contributed by atoms with Crippen molar-refractivity contribution in [3.8, 4) is 0 Å². The molecule has 20 heavy (non-hydrogen) atoms. The number of hydrogen-bond donors (Lipinski definition) is 1. The maximum atomic E-state index is 13.3. The third kappa shape index (κ3) is 3.20. The quantitative estimate of drug-likeness (QED) is 0.630. The zero-order valence-corrected chi connectivity index (χ0v) is 11.2. The molecule has 2 rings (SSSR count). The first-order valence-electron chi connectivity index (χ1n) is 6.72. The van der Waals surface area contributed by atoms with Gasteiger partial charge in [0, 0.05) is 0 Å². The van der Waals surface area contributed by atoms with Gasteiger partial charge in [0.2, 0.25) is 0 Å². The van der Waals surface area contributed by atoms with Crippen LogP contribution in [0.3, 0.4) is 0 Å². The Balaban J connectivity index is 2.39. The summed E-state index contributed by atoms with van der Waals surface area (Å²) in [6.45, 7) is 2.54. The van der Waals surface area contributed by atoms with E-state index >= 15 is 0 Å². The van der Waals surface area contributed by atoms with E-state index in [1.54, 1.807) is 0 Å². The molecule has 0 amide bonds. The predicted octanol–water partition coefficient (Wildman–Crippen LogP) is 4.61. The van der Waals surface area contributed by atoms with Crippen molar-refractivity contribution in [2.75, 3.05) is 6.54 Å². The fourth-order valence-electron chi connectivity index (χ4n) is 2.56. The molecule has 1 aliphatic rings. The number of allylic oxidation sites excluding steroid dienone is 1. The molecular weight excluding hydrogens is 270 g/mol. The van der Waals surface area contributed by atoms with Gasteiger partial charge < -0.3 is 5.32 Å². The van der Waals surface area contributed by atoms with Crippen LogP contribution in [0, 0.1) is 5.82 Å². The van der Waals surface area contributed by atoms with Crippen LogP contribution < -0.4 is 5.32 Å². The van der Waals surface area contributed by atoms with Crippen LogP contribution in [0.5, 0.6) is 0 Å². The number of hydrogen-bond acceptors (Lipinski definition) is 1. The molecule has 0 saturated carbocycles. The Morgan fingerprint density at radius 1 is 1.30 bits per heavy atom. The Bertz CT molecular complexity index is 505. The summed E-state index contributed by atoms with van der Waals surface area (Å²) in [5, 5.41) is 3.18. The monoisotopic (exact) mass is 287 g/mol. The highest BCUT2D eigenvalue weighted by Crippen LogP contribution is 2.36. The Kier molecular flexibility index (Phi) is 4.48. The molecule has 110 valence electrons. The van der Waals surface area contributed by atoms with E-state index in [9.17, 15) is 17.6 Å². The van der Waals surface area contributed by atoms with Crippen molar-refractivity contribution < 1.29 is 17.6 Å². The van der Waals surface area contributed by atoms with Crippen molar-refractivity contribution >= 4 is 0 Å². The van der Waals surface area contributed by atoms with Gasteiger partial charge in [-0.05, 0) is 43.5 Å². The van der Waals surface area contributed by atoms with Crippen molar-refractivity contribution in [3.63, 3.8) is 0 Å². The highest BCUT2D eigenvalue weighted by Gasteiger charge is 2.35. The van der Waals surface area contributed by atoms with Gasteiger partial charge in [0.25, 0.3) is 0 Å². The molecule has 1 N–H and O–H groups in total. The second kappa shape index (κ2) is 5.95. The molecule has 1 unspecified atom stereocenters. The second-order valence-corrected chi connectivity index (χ2v) is 4.90. The van der Waals surface area contributed by atoms with Gasteiger partial charge in [-0.15, -0.1) is 0 Å². The fraction of sp³-hybridized carbons (Fsp3) is 0.467. The Hall–Kier alpha value is -1.36. The number of alkyl halides is 3. The van der Waals surface area contributed by atoms with Crippen molar-refractivity contribution in [1.29, 1.82) is 0 Å². The topological polar surface area (TPSA) is 12.0 Å². The standard InChI is InChI=1S/C15H17F4N/c1-2-20-14(10-5-3-4-6-10)11-7-8-13(16)12(9-11)15(17,18)19/h5,7-9,14,20H,2-4,6H2,1H3. The third-order valence-corrected chi connectivity index (χ3v) is 3.48. The van der Waals surface area contributed by atoms with E-state index in [1.807, 2.05) is 6.92 Å². The summed E-state index contributed by atoms with van der Waals surface area (Å²) in [4.78, 5) is 0. The van der Waals surface area contributed by atoms with Crippen LogP contribution in [0.15, 0.2) is 29.8 Å². The SMILES string of the molecule is CCNC(C1=CCCC1)c1ccc(F)c(C(F)(F)F)c1. The normalized spacial score (nSPS) is 17.1. The van der Waals surface area contributed by atoms with Gasteiger partial charge in [0.1, 0.15) is 5.82 Å². The number of likely N-dealkylation sites (N-methyl/N-ethyl adjacent to an activating group) is 1. The first kappa shape index (κ1) is 15.0. The van der Waals surface area contributed by atoms with Crippen molar-refractivity contribution in [3.05, 3.63) is 46.8 Å². The van der Waals surface area contributed by atoms with Gasteiger partial charge in [0.05, 0.1) is 11.6 Å². The lowest BCUT2D eigenvalue weighted by Gasteiger charge is -2.21. The minimum Gasteiger partial charge on any atom is -0.307 e. The number of nitrogens with one attached hydrogen (secondary N) is 1. The molecule has 1 aromatic rings. The molecule has 1 aliphatic carbocycles. The maximum Gasteiger partial charge on any atom is 0.419 e. The summed E-state index contributed by atoms with van der Waals surface area (Å²) in [5.74, 6) is -1.23. The van der Waals surface area contributed by atoms with E-state index in [0.29, 0.717) is 12.1 Å². The highest BCUT2D eigenvalue weighted by atomic mass is 19.4. The van der Waals surface area contributed by atoms with Crippen LogP contribution in [0.2, 0.25) is 0 Å². The summed E-state index contributed by atoms with van der Waals surface area (Å²) >= 11 is 0. The average molecular weight is 287 g/mol. The molecule has 0 saturated heterocycles. The summed E-state index contributed by atoms with van der Waals surface area (Å²) in [5.41, 5.74) is 0.358. The van der Waals surface area contributed by atoms with E-state index in [0.717, 1.165) is 37.0 Å². The summed E-state index contributed by atoms with van der Waals surface area (Å²) in [6, 6.07) is 2.99. The molecule has 5 heteroatoms. The summed E-state index contributed by atoms with van der Waals surface area (Å²) in [6.07, 6.45) is 0.232. The van der Waals surface area contributed by atoms with E-state index < -0.39 is 17.6 Å². The highest BCUT2D eigenvalue weighted by molar-refractivity contribution is 5.35. The Morgan fingerprint density at radius 2 is 2.05 bits per heavy atom. The third-order valence-electron chi connectivity index (χ3n) is 3.48. The molecule has 0 aliphatic heterocycles. The Labute approximate surface area is 115 Å². The molecular formula is C15H17F4N. The van der Waals surface area contributed by atoms with Gasteiger partial charge in [-0.25, -0.2) is 4.39 Å². The lowest BCUT2D eigenvalue weighted by atomic mass is 9.96. The van der Waals surface area contributed by atoms with Gasteiger partial charge in [0.15, 0.2) is 0 Å². The lowest BCUT2D eigenvalue weighted by Crippen LogP contribution is -2.23. The van der Waals surface area contributed by atoms with Crippen LogP contribution >= 0.6 is 0 Å². The summed E-state index contributed by atoms with van der Waals surface area (Å²) < 4.78 is 51.7. The molecule has 0 spiro atoms. The lowest BCUT2D eigenvalue weighted by molar-refractivity contribution is -0.140. The molecule has 0 fully saturated rings. The number of benzene rings is 1.